The van der Waals surface area contributed by atoms with Crippen molar-refractivity contribution in [3.05, 3.63) is 60.8 Å². The fourth-order valence-corrected chi connectivity index (χ4v) is 10.0. The van der Waals surface area contributed by atoms with Crippen LogP contribution < -0.4 is 0 Å². The van der Waals surface area contributed by atoms with Gasteiger partial charge in [-0.2, -0.15) is 0 Å². The van der Waals surface area contributed by atoms with Gasteiger partial charge in [0.25, 0.3) is 0 Å². The molecule has 6 nitrogen and oxygen atoms in total. The number of allylic oxidation sites excluding steroid dienone is 10. The van der Waals surface area contributed by atoms with Crippen molar-refractivity contribution >= 4 is 17.9 Å². The zero-order valence-electron chi connectivity index (χ0n) is 51.5. The van der Waals surface area contributed by atoms with E-state index in [1.807, 2.05) is 0 Å². The van der Waals surface area contributed by atoms with Gasteiger partial charge in [-0.25, -0.2) is 0 Å². The summed E-state index contributed by atoms with van der Waals surface area (Å²) in [6.07, 6.45) is 83.7. The fourth-order valence-electron chi connectivity index (χ4n) is 10.0. The third-order valence-corrected chi connectivity index (χ3v) is 15.0. The number of esters is 3. The van der Waals surface area contributed by atoms with E-state index in [1.54, 1.807) is 0 Å². The quantitative estimate of drug-likeness (QED) is 0.0261. The van der Waals surface area contributed by atoms with Crippen LogP contribution in [0.15, 0.2) is 60.8 Å². The molecule has 0 bridgehead atoms. The van der Waals surface area contributed by atoms with E-state index in [9.17, 15) is 14.4 Å². The van der Waals surface area contributed by atoms with Crippen molar-refractivity contribution in [2.75, 3.05) is 13.2 Å². The van der Waals surface area contributed by atoms with E-state index in [4.69, 9.17) is 14.2 Å². The van der Waals surface area contributed by atoms with Gasteiger partial charge in [-0.05, 0) is 64.2 Å². The zero-order valence-corrected chi connectivity index (χ0v) is 51.5. The summed E-state index contributed by atoms with van der Waals surface area (Å²) in [5.74, 6) is -0.858. The molecule has 1 atom stereocenters. The molecule has 0 rings (SSSR count). The summed E-state index contributed by atoms with van der Waals surface area (Å²) in [6.45, 7) is 6.59. The highest BCUT2D eigenvalue weighted by Gasteiger charge is 2.19. The Balaban J connectivity index is 4.35. The highest BCUT2D eigenvalue weighted by atomic mass is 16.6. The van der Waals surface area contributed by atoms with Gasteiger partial charge in [0, 0.05) is 19.3 Å². The van der Waals surface area contributed by atoms with Crippen LogP contribution in [-0.2, 0) is 28.6 Å². The molecule has 0 aromatic heterocycles. The summed E-state index contributed by atoms with van der Waals surface area (Å²) in [7, 11) is 0. The largest absolute Gasteiger partial charge is 0.462 e. The lowest BCUT2D eigenvalue weighted by Gasteiger charge is -2.18. The van der Waals surface area contributed by atoms with Gasteiger partial charge in [0.15, 0.2) is 6.10 Å². The number of carbonyl (C=O) groups excluding carboxylic acids is 3. The van der Waals surface area contributed by atoms with Crippen LogP contribution in [0.3, 0.4) is 0 Å². The van der Waals surface area contributed by atoms with E-state index >= 15 is 0 Å². The smallest absolute Gasteiger partial charge is 0.306 e. The Morgan fingerprint density at radius 1 is 0.273 bits per heavy atom. The standard InChI is InChI=1S/C71H128O6/c1-4-7-10-13-16-19-22-25-28-31-33-34-35-36-38-40-43-46-49-52-55-58-61-64-70(73)76-67-68(66-75-69(72)63-60-57-54-51-48-45-42-39-30-27-24-21-18-15-12-9-6-3)77-71(74)65-62-59-56-53-50-47-44-41-37-32-29-26-23-20-17-14-11-8-5-2/h7,10,16,19,25,28,33-34,36,38,68H,4-6,8-9,11-15,17-18,20-24,26-27,29-32,35,37,39-67H2,1-3H3/b10-7-,19-16-,28-25-,34-33-,38-36-. The third-order valence-electron chi connectivity index (χ3n) is 15.0. The summed E-state index contributed by atoms with van der Waals surface area (Å²) in [5.41, 5.74) is 0. The second-order valence-electron chi connectivity index (χ2n) is 22.7. The predicted octanol–water partition coefficient (Wildman–Crippen LogP) is 23.1. The van der Waals surface area contributed by atoms with Crippen molar-refractivity contribution in [2.24, 2.45) is 0 Å². The van der Waals surface area contributed by atoms with E-state index in [-0.39, 0.29) is 31.1 Å². The van der Waals surface area contributed by atoms with Gasteiger partial charge >= 0.3 is 17.9 Å². The van der Waals surface area contributed by atoms with Crippen molar-refractivity contribution in [3.63, 3.8) is 0 Å². The van der Waals surface area contributed by atoms with E-state index in [1.165, 1.54) is 218 Å². The molecule has 0 spiro atoms. The average molecular weight is 1080 g/mol. The minimum atomic E-state index is -0.777. The molecule has 0 amide bonds. The van der Waals surface area contributed by atoms with Crippen LogP contribution in [-0.4, -0.2) is 37.2 Å². The highest BCUT2D eigenvalue weighted by Crippen LogP contribution is 2.18. The van der Waals surface area contributed by atoms with Crippen LogP contribution in [0.2, 0.25) is 0 Å². The maximum Gasteiger partial charge on any atom is 0.306 e. The summed E-state index contributed by atoms with van der Waals surface area (Å²) in [4.78, 5) is 38.4. The molecule has 0 aliphatic heterocycles. The Hall–Kier alpha value is -2.89. The molecule has 0 aliphatic carbocycles. The lowest BCUT2D eigenvalue weighted by molar-refractivity contribution is -0.167. The molecule has 448 valence electrons. The van der Waals surface area contributed by atoms with Crippen molar-refractivity contribution in [1.82, 2.24) is 0 Å². The first-order valence-electron chi connectivity index (χ1n) is 33.8. The summed E-state index contributed by atoms with van der Waals surface area (Å²) in [6, 6.07) is 0. The van der Waals surface area contributed by atoms with E-state index < -0.39 is 6.10 Å². The highest BCUT2D eigenvalue weighted by molar-refractivity contribution is 5.71. The molecule has 6 heteroatoms. The third kappa shape index (κ3) is 63.8. The van der Waals surface area contributed by atoms with Gasteiger partial charge in [0.1, 0.15) is 13.2 Å². The van der Waals surface area contributed by atoms with Gasteiger partial charge in [-0.15, -0.1) is 0 Å². The second kappa shape index (κ2) is 65.6. The minimum absolute atomic E-state index is 0.0723. The molecular weight excluding hydrogens is 949 g/mol. The van der Waals surface area contributed by atoms with E-state index in [2.05, 4.69) is 81.5 Å². The Bertz CT molecular complexity index is 1380. The van der Waals surface area contributed by atoms with Crippen LogP contribution in [0.5, 0.6) is 0 Å². The molecular formula is C71H128O6. The summed E-state index contributed by atoms with van der Waals surface area (Å²) in [5, 5.41) is 0. The molecule has 0 saturated carbocycles. The van der Waals surface area contributed by atoms with Crippen LogP contribution in [0.1, 0.15) is 355 Å². The average Bonchev–Trinajstić information content (AvgIpc) is 3.43. The van der Waals surface area contributed by atoms with E-state index in [0.29, 0.717) is 19.3 Å². The lowest BCUT2D eigenvalue weighted by atomic mass is 10.0. The fraction of sp³-hybridized carbons (Fsp3) is 0.817. The van der Waals surface area contributed by atoms with Gasteiger partial charge in [0.2, 0.25) is 0 Å². The van der Waals surface area contributed by atoms with Crippen molar-refractivity contribution in [3.8, 4) is 0 Å². The van der Waals surface area contributed by atoms with Gasteiger partial charge in [0.05, 0.1) is 0 Å². The van der Waals surface area contributed by atoms with Crippen LogP contribution in [0.4, 0.5) is 0 Å². The molecule has 77 heavy (non-hydrogen) atoms. The summed E-state index contributed by atoms with van der Waals surface area (Å²) < 4.78 is 17.0. The Morgan fingerprint density at radius 3 is 0.792 bits per heavy atom. The Morgan fingerprint density at radius 2 is 0.506 bits per heavy atom. The number of hydrogen-bond donors (Lipinski definition) is 0. The molecule has 1 unspecified atom stereocenters. The zero-order chi connectivity index (χ0) is 55.7. The first-order valence-corrected chi connectivity index (χ1v) is 33.8. The molecule has 0 fully saturated rings. The molecule has 0 radical (unpaired) electrons. The Kier molecular flexibility index (Phi) is 63.2. The first kappa shape index (κ1) is 74.1. The maximum absolute atomic E-state index is 12.9. The van der Waals surface area contributed by atoms with Crippen LogP contribution in [0, 0.1) is 0 Å². The molecule has 0 aliphatic rings. The lowest BCUT2D eigenvalue weighted by Crippen LogP contribution is -2.30. The first-order chi connectivity index (χ1) is 38.0. The molecule has 0 N–H and O–H groups in total. The van der Waals surface area contributed by atoms with Crippen LogP contribution in [0.25, 0.3) is 0 Å². The van der Waals surface area contributed by atoms with Gasteiger partial charge in [-0.1, -0.05) is 332 Å². The monoisotopic (exact) mass is 1080 g/mol. The minimum Gasteiger partial charge on any atom is -0.462 e. The molecule has 0 aromatic carbocycles. The second-order valence-corrected chi connectivity index (χ2v) is 22.7. The normalized spacial score (nSPS) is 12.4. The molecule has 0 aromatic rings. The van der Waals surface area contributed by atoms with Gasteiger partial charge in [-0.3, -0.25) is 14.4 Å². The number of carbonyl (C=O) groups is 3. The molecule has 0 saturated heterocycles. The number of ether oxygens (including phenoxy) is 3. The topological polar surface area (TPSA) is 78.9 Å². The van der Waals surface area contributed by atoms with Crippen molar-refractivity contribution in [2.45, 2.75) is 361 Å². The van der Waals surface area contributed by atoms with E-state index in [0.717, 1.165) is 96.3 Å². The van der Waals surface area contributed by atoms with Crippen molar-refractivity contribution in [1.29, 1.82) is 0 Å². The number of rotatable bonds is 62. The number of hydrogen-bond acceptors (Lipinski definition) is 6. The number of unbranched alkanes of at least 4 members (excludes halogenated alkanes) is 41. The summed E-state index contributed by atoms with van der Waals surface area (Å²) >= 11 is 0. The predicted molar refractivity (Wildman–Crippen MR) is 335 cm³/mol. The SMILES string of the molecule is CC/C=C\C/C=C\C/C=C\C/C=C\C/C=C\CCCCCCCCCC(=O)OCC(COC(=O)CCCCCCCCCCCCCCCCCCC)OC(=O)CCCCCCCCCCCCCCCCCCCCC. The van der Waals surface area contributed by atoms with Crippen molar-refractivity contribution < 1.29 is 28.6 Å². The molecule has 0 heterocycles. The van der Waals surface area contributed by atoms with Crippen LogP contribution >= 0.6 is 0 Å². The maximum atomic E-state index is 12.9. The Labute approximate surface area is 479 Å². The van der Waals surface area contributed by atoms with Gasteiger partial charge < -0.3 is 14.2 Å².